The lowest BCUT2D eigenvalue weighted by molar-refractivity contribution is -0.143. The van der Waals surface area contributed by atoms with Gasteiger partial charge in [0.2, 0.25) is 23.7 Å². The Bertz CT molecular complexity index is 1830. The van der Waals surface area contributed by atoms with Crippen molar-refractivity contribution in [3.8, 4) is 0 Å². The van der Waals surface area contributed by atoms with E-state index in [0.29, 0.717) is 16.9 Å². The van der Waals surface area contributed by atoms with Crippen LogP contribution in [0.1, 0.15) is 42.2 Å². The summed E-state index contributed by atoms with van der Waals surface area (Å²) in [4.78, 5) is 99.9. The zero-order chi connectivity index (χ0) is 38.4. The first kappa shape index (κ1) is 40.9. The van der Waals surface area contributed by atoms with Crippen LogP contribution in [0.25, 0.3) is 11.2 Å². The van der Waals surface area contributed by atoms with Crippen molar-refractivity contribution in [3.05, 3.63) is 52.1 Å². The molecule has 0 aliphatic rings. The van der Waals surface area contributed by atoms with E-state index in [1.807, 2.05) is 0 Å². The number of nitrogens with zero attached hydrogens (tertiary/aromatic N) is 3. The van der Waals surface area contributed by atoms with Crippen LogP contribution >= 0.6 is 21.6 Å². The number of H-pyrrole nitrogens is 1. The molecule has 4 unspecified atom stereocenters. The molecule has 0 aliphatic heterocycles. The Labute approximate surface area is 303 Å². The molecule has 2 heterocycles. The molecule has 52 heavy (non-hydrogen) atoms. The molecule has 0 fully saturated rings. The Morgan fingerprint density at radius 2 is 1.67 bits per heavy atom. The maximum atomic E-state index is 12.7. The minimum absolute atomic E-state index is 0.00134. The van der Waals surface area contributed by atoms with Crippen molar-refractivity contribution in [1.82, 2.24) is 41.2 Å². The molecule has 0 radical (unpaired) electrons. The Balaban J connectivity index is 1.41. The summed E-state index contributed by atoms with van der Waals surface area (Å²) >= 11 is 0. The Hall–Kier alpha value is -5.48. The van der Waals surface area contributed by atoms with Crippen molar-refractivity contribution >= 4 is 80.0 Å². The van der Waals surface area contributed by atoms with Crippen molar-refractivity contribution < 1.29 is 39.0 Å². The number of amides is 4. The van der Waals surface area contributed by atoms with Gasteiger partial charge >= 0.3 is 11.9 Å². The summed E-state index contributed by atoms with van der Waals surface area (Å²) in [5.74, 6) is -5.60. The number of carbonyl (C=O) groups excluding carboxylic acids is 4. The quantitative estimate of drug-likeness (QED) is 0.0604. The number of fused-ring (bicyclic) bond motifs is 1. The van der Waals surface area contributed by atoms with Crippen molar-refractivity contribution in [2.45, 2.75) is 56.9 Å². The molecule has 3 rings (SSSR count). The van der Waals surface area contributed by atoms with Gasteiger partial charge in [-0.25, -0.2) is 14.8 Å². The van der Waals surface area contributed by atoms with E-state index in [2.05, 4.69) is 46.5 Å². The highest BCUT2D eigenvalue weighted by molar-refractivity contribution is 8.76. The van der Waals surface area contributed by atoms with Crippen LogP contribution in [0.2, 0.25) is 0 Å². The highest BCUT2D eigenvalue weighted by Crippen LogP contribution is 2.18. The number of hydrogen-bond donors (Lipinski definition) is 10. The van der Waals surface area contributed by atoms with E-state index < -0.39 is 65.8 Å². The molecule has 0 aliphatic carbocycles. The average Bonchev–Trinajstić information content (AvgIpc) is 3.09. The summed E-state index contributed by atoms with van der Waals surface area (Å²) in [5.41, 5.74) is 12.6. The molecule has 4 atom stereocenters. The molecule has 0 bridgehead atoms. The van der Waals surface area contributed by atoms with Crippen LogP contribution in [0.15, 0.2) is 35.3 Å². The third-order valence-electron chi connectivity index (χ3n) is 7.12. The number of hydrogen-bond acceptors (Lipinski definition) is 15. The lowest BCUT2D eigenvalue weighted by Crippen LogP contribution is -2.57. The molecule has 0 spiro atoms. The van der Waals surface area contributed by atoms with Gasteiger partial charge in [-0.15, -0.1) is 0 Å². The first-order valence-electron chi connectivity index (χ1n) is 15.6. The summed E-state index contributed by atoms with van der Waals surface area (Å²) in [7, 11) is 2.45. The van der Waals surface area contributed by atoms with E-state index in [1.54, 1.807) is 37.4 Å². The average molecular weight is 762 g/mol. The van der Waals surface area contributed by atoms with Crippen LogP contribution < -0.4 is 43.6 Å². The van der Waals surface area contributed by atoms with Crippen LogP contribution in [-0.2, 0) is 30.5 Å². The fourth-order valence-corrected chi connectivity index (χ4v) is 5.68. The summed E-state index contributed by atoms with van der Waals surface area (Å²) < 4.78 is 0. The molecular formula is C30H39N11O9S2. The fraction of sp³-hybridized carbons (Fsp3) is 0.400. The maximum absolute atomic E-state index is 12.7. The molecule has 22 heteroatoms. The van der Waals surface area contributed by atoms with Crippen LogP contribution in [-0.4, -0.2) is 108 Å². The highest BCUT2D eigenvalue weighted by Gasteiger charge is 2.30. The first-order valence-corrected chi connectivity index (χ1v) is 18.3. The van der Waals surface area contributed by atoms with Crippen molar-refractivity contribution in [2.75, 3.05) is 29.6 Å². The van der Waals surface area contributed by atoms with Gasteiger partial charge in [0, 0.05) is 36.0 Å². The number of carbonyl (C=O) groups is 6. The molecule has 1 aromatic carbocycles. The van der Waals surface area contributed by atoms with Gasteiger partial charge in [-0.2, -0.15) is 4.98 Å². The van der Waals surface area contributed by atoms with E-state index in [9.17, 15) is 43.8 Å². The van der Waals surface area contributed by atoms with Crippen molar-refractivity contribution in [3.63, 3.8) is 0 Å². The number of aromatic amines is 1. The second-order valence-electron chi connectivity index (χ2n) is 11.2. The lowest BCUT2D eigenvalue weighted by Gasteiger charge is -2.22. The third kappa shape index (κ3) is 13.0. The van der Waals surface area contributed by atoms with E-state index in [4.69, 9.17) is 11.5 Å². The number of carboxylic acid groups (broad SMARTS) is 2. The molecule has 0 saturated heterocycles. The SMILES string of the molecule is CSSCC(NC(=O)C(CC(=O)O)NC(=O)C(N)CNC(=O)CCC(C)NC(=O)c1ccc(NCc2cnc3nc(N)[nH]c(=O)c3n2)cc1)C(=O)O. The summed E-state index contributed by atoms with van der Waals surface area (Å²) in [5, 5.41) is 31.3. The van der Waals surface area contributed by atoms with E-state index >= 15 is 0 Å². The van der Waals surface area contributed by atoms with Gasteiger partial charge in [-0.3, -0.25) is 33.8 Å². The van der Waals surface area contributed by atoms with Crippen LogP contribution in [0, 0.1) is 0 Å². The van der Waals surface area contributed by atoms with Gasteiger partial charge in [0.05, 0.1) is 24.9 Å². The number of aromatic nitrogens is 4. The Kier molecular flexibility index (Phi) is 15.6. The number of carboxylic acids is 2. The molecule has 4 amide bonds. The number of anilines is 2. The zero-order valence-electron chi connectivity index (χ0n) is 28.0. The van der Waals surface area contributed by atoms with Crippen LogP contribution in [0.3, 0.4) is 0 Å². The molecule has 280 valence electrons. The smallest absolute Gasteiger partial charge is 0.327 e. The fourth-order valence-electron chi connectivity index (χ4n) is 4.37. The van der Waals surface area contributed by atoms with Gasteiger partial charge in [0.15, 0.2) is 11.2 Å². The predicted molar refractivity (Wildman–Crippen MR) is 193 cm³/mol. The number of nitrogens with two attached hydrogens (primary N) is 2. The second kappa shape index (κ2) is 19.8. The van der Waals surface area contributed by atoms with Gasteiger partial charge in [-0.1, -0.05) is 21.6 Å². The minimum Gasteiger partial charge on any atom is -0.481 e. The van der Waals surface area contributed by atoms with Gasteiger partial charge in [0.1, 0.15) is 18.1 Å². The summed E-state index contributed by atoms with van der Waals surface area (Å²) in [6.45, 7) is 1.61. The van der Waals surface area contributed by atoms with Crippen molar-refractivity contribution in [1.29, 1.82) is 0 Å². The Morgan fingerprint density at radius 1 is 0.981 bits per heavy atom. The molecule has 2 aromatic heterocycles. The monoisotopic (exact) mass is 761 g/mol. The number of nitrogens with one attached hydrogen (secondary N) is 6. The number of nitrogen functional groups attached to an aromatic ring is 1. The van der Waals surface area contributed by atoms with E-state index in [0.717, 1.165) is 0 Å². The largest absolute Gasteiger partial charge is 0.481 e. The van der Waals surface area contributed by atoms with Gasteiger partial charge < -0.3 is 48.3 Å². The summed E-state index contributed by atoms with van der Waals surface area (Å²) in [6.07, 6.45) is 2.57. The number of benzene rings is 1. The van der Waals surface area contributed by atoms with E-state index in [1.165, 1.54) is 27.8 Å². The highest BCUT2D eigenvalue weighted by atomic mass is 33.1. The third-order valence-corrected chi connectivity index (χ3v) is 8.94. The van der Waals surface area contributed by atoms with Gasteiger partial charge in [-0.05, 0) is 43.9 Å². The van der Waals surface area contributed by atoms with E-state index in [-0.39, 0.29) is 54.7 Å². The number of rotatable bonds is 20. The zero-order valence-corrected chi connectivity index (χ0v) is 29.6. The molecule has 20 nitrogen and oxygen atoms in total. The summed E-state index contributed by atoms with van der Waals surface area (Å²) in [6, 6.07) is 1.89. The molecule has 3 aromatic rings. The molecular weight excluding hydrogens is 723 g/mol. The maximum Gasteiger partial charge on any atom is 0.327 e. The van der Waals surface area contributed by atoms with Crippen LogP contribution in [0.4, 0.5) is 11.6 Å². The standard InChI is InChI=1S/C30H39N11O9S2/c1-14(36-25(45)15-4-6-16(7-5-15)33-10-17-11-35-24-23(37-17)28(48)41-30(32)40-24)3-8-21(42)34-12-18(31)26(46)38-19(9-22(43)44)27(47)39-20(29(49)50)13-52-51-2/h4-7,11,14,18-20,33H,3,8-10,12-13,31H2,1-2H3,(H,34,42)(H,36,45)(H,38,46)(H,39,47)(H,43,44)(H,49,50)(H3,32,35,40,41,48). The second-order valence-corrected chi connectivity index (χ2v) is 13.9. The topological polar surface area (TPSA) is 327 Å². The number of aliphatic carboxylic acids is 2. The molecule has 12 N–H and O–H groups in total. The van der Waals surface area contributed by atoms with Crippen molar-refractivity contribution in [2.24, 2.45) is 5.73 Å². The normalized spacial score (nSPS) is 13.2. The van der Waals surface area contributed by atoms with Gasteiger partial charge in [0.25, 0.3) is 11.5 Å². The minimum atomic E-state index is -1.61. The lowest BCUT2D eigenvalue weighted by atomic mass is 10.1. The predicted octanol–water partition coefficient (Wildman–Crippen LogP) is -1.21. The first-order chi connectivity index (χ1) is 24.7. The molecule has 0 saturated carbocycles. The van der Waals surface area contributed by atoms with Crippen LogP contribution in [0.5, 0.6) is 0 Å². The Morgan fingerprint density at radius 3 is 2.33 bits per heavy atom.